The number of carbonyl (C=O) groups excluding carboxylic acids is 2. The molecule has 0 amide bonds. The van der Waals surface area contributed by atoms with Gasteiger partial charge in [-0.05, 0) is 45.4 Å². The van der Waals surface area contributed by atoms with Gasteiger partial charge in [-0.2, -0.15) is 0 Å². The van der Waals surface area contributed by atoms with Crippen molar-refractivity contribution in [3.05, 3.63) is 11.6 Å². The predicted molar refractivity (Wildman–Crippen MR) is 73.3 cm³/mol. The molecule has 0 fully saturated rings. The number of ether oxygens (including phenoxy) is 1. The molecule has 0 N–H and O–H groups in total. The lowest BCUT2D eigenvalue weighted by molar-refractivity contribution is -0.154. The van der Waals surface area contributed by atoms with Crippen LogP contribution in [0.15, 0.2) is 11.6 Å². The minimum Gasteiger partial charge on any atom is -0.460 e. The first-order valence-corrected chi connectivity index (χ1v) is 6.80. The molecule has 104 valence electrons. The molecule has 0 aliphatic carbocycles. The highest BCUT2D eigenvalue weighted by atomic mass is 16.5. The van der Waals surface area contributed by atoms with Gasteiger partial charge in [-0.25, -0.2) is 4.79 Å². The molecule has 3 nitrogen and oxygen atoms in total. The van der Waals surface area contributed by atoms with Gasteiger partial charge >= 0.3 is 5.97 Å². The van der Waals surface area contributed by atoms with Crippen LogP contribution in [0.2, 0.25) is 0 Å². The number of allylic oxidation sites excluding steroid dienone is 2. The van der Waals surface area contributed by atoms with Gasteiger partial charge in [0, 0.05) is 6.42 Å². The highest BCUT2D eigenvalue weighted by molar-refractivity contribution is 6.33. The molecule has 18 heavy (non-hydrogen) atoms. The summed E-state index contributed by atoms with van der Waals surface area (Å²) < 4.78 is 4.95. The lowest BCUT2D eigenvalue weighted by atomic mass is 10.0. The van der Waals surface area contributed by atoms with E-state index in [1.54, 1.807) is 0 Å². The lowest BCUT2D eigenvalue weighted by Gasteiger charge is -2.10. The molecule has 0 spiro atoms. The second-order valence-corrected chi connectivity index (χ2v) is 5.06. The summed E-state index contributed by atoms with van der Waals surface area (Å²) in [6, 6.07) is 0. The van der Waals surface area contributed by atoms with Crippen LogP contribution in [0, 0.1) is 5.92 Å². The van der Waals surface area contributed by atoms with Crippen LogP contribution in [0.3, 0.4) is 0 Å². The first-order chi connectivity index (χ1) is 8.47. The number of hydrogen-bond acceptors (Lipinski definition) is 3. The van der Waals surface area contributed by atoms with Gasteiger partial charge < -0.3 is 4.74 Å². The van der Waals surface area contributed by atoms with Crippen molar-refractivity contribution in [3.8, 4) is 0 Å². The van der Waals surface area contributed by atoms with Gasteiger partial charge in [0.2, 0.25) is 5.78 Å². The van der Waals surface area contributed by atoms with Gasteiger partial charge in [-0.1, -0.05) is 25.5 Å². The standard InChI is InChI=1S/C15H26O3/c1-5-7-14(16)15(17)18-11-10-13(4)9-6-8-12(2)3/h8,13H,5-7,9-11H2,1-4H3. The summed E-state index contributed by atoms with van der Waals surface area (Å²) in [5.41, 5.74) is 1.33. The van der Waals surface area contributed by atoms with Crippen LogP contribution >= 0.6 is 0 Å². The Bertz CT molecular complexity index is 288. The van der Waals surface area contributed by atoms with Crippen molar-refractivity contribution in [2.75, 3.05) is 6.61 Å². The first kappa shape index (κ1) is 16.9. The molecule has 0 aliphatic rings. The zero-order chi connectivity index (χ0) is 14.0. The van der Waals surface area contributed by atoms with E-state index in [4.69, 9.17) is 4.74 Å². The summed E-state index contributed by atoms with van der Waals surface area (Å²) in [4.78, 5) is 22.4. The van der Waals surface area contributed by atoms with E-state index in [0.29, 0.717) is 18.9 Å². The average Bonchev–Trinajstić information content (AvgIpc) is 2.28. The van der Waals surface area contributed by atoms with Crippen molar-refractivity contribution in [3.63, 3.8) is 0 Å². The van der Waals surface area contributed by atoms with Gasteiger partial charge in [-0.15, -0.1) is 0 Å². The number of Topliss-reactive ketones (excluding diaryl/α,β-unsaturated/α-hetero) is 1. The molecule has 1 unspecified atom stereocenters. The predicted octanol–water partition coefficient (Wildman–Crippen LogP) is 3.67. The van der Waals surface area contributed by atoms with Gasteiger partial charge in [0.25, 0.3) is 0 Å². The normalized spacial score (nSPS) is 11.8. The molecule has 0 bridgehead atoms. The van der Waals surface area contributed by atoms with E-state index in [2.05, 4.69) is 26.8 Å². The van der Waals surface area contributed by atoms with E-state index < -0.39 is 11.8 Å². The fraction of sp³-hybridized carbons (Fsp3) is 0.733. The molecule has 0 radical (unpaired) electrons. The number of esters is 1. The summed E-state index contributed by atoms with van der Waals surface area (Å²) in [6.07, 6.45) is 6.16. The zero-order valence-electron chi connectivity index (χ0n) is 12.1. The Morgan fingerprint density at radius 3 is 2.44 bits per heavy atom. The summed E-state index contributed by atoms with van der Waals surface area (Å²) in [6.45, 7) is 8.54. The van der Waals surface area contributed by atoms with E-state index in [1.807, 2.05) is 6.92 Å². The molecular formula is C15H26O3. The second-order valence-electron chi connectivity index (χ2n) is 5.06. The fourth-order valence-corrected chi connectivity index (χ4v) is 1.56. The molecule has 0 rings (SSSR count). The maximum absolute atomic E-state index is 11.2. The Morgan fingerprint density at radius 2 is 1.89 bits per heavy atom. The fourth-order valence-electron chi connectivity index (χ4n) is 1.56. The smallest absolute Gasteiger partial charge is 0.374 e. The Balaban J connectivity index is 3.67. The molecule has 0 aromatic rings. The van der Waals surface area contributed by atoms with Crippen LogP contribution in [0.1, 0.15) is 59.8 Å². The van der Waals surface area contributed by atoms with Crippen molar-refractivity contribution in [2.45, 2.75) is 59.8 Å². The van der Waals surface area contributed by atoms with E-state index in [-0.39, 0.29) is 6.42 Å². The second kappa shape index (κ2) is 9.86. The van der Waals surface area contributed by atoms with Crippen LogP contribution < -0.4 is 0 Å². The molecule has 0 saturated heterocycles. The summed E-state index contributed by atoms with van der Waals surface area (Å²) in [5, 5.41) is 0. The number of hydrogen-bond donors (Lipinski definition) is 0. The topological polar surface area (TPSA) is 43.4 Å². The van der Waals surface area contributed by atoms with Crippen LogP contribution in [0.4, 0.5) is 0 Å². The molecule has 0 aromatic carbocycles. The summed E-state index contributed by atoms with van der Waals surface area (Å²) >= 11 is 0. The average molecular weight is 254 g/mol. The van der Waals surface area contributed by atoms with Crippen molar-refractivity contribution in [2.24, 2.45) is 5.92 Å². The Hall–Kier alpha value is -1.12. The molecule has 1 atom stereocenters. The monoisotopic (exact) mass is 254 g/mol. The molecule has 0 saturated carbocycles. The van der Waals surface area contributed by atoms with Crippen LogP contribution in [0.25, 0.3) is 0 Å². The first-order valence-electron chi connectivity index (χ1n) is 6.80. The van der Waals surface area contributed by atoms with Crippen molar-refractivity contribution in [1.82, 2.24) is 0 Å². The van der Waals surface area contributed by atoms with Crippen molar-refractivity contribution < 1.29 is 14.3 Å². The highest BCUT2D eigenvalue weighted by Crippen LogP contribution is 2.11. The quantitative estimate of drug-likeness (QED) is 0.358. The maximum Gasteiger partial charge on any atom is 0.374 e. The van der Waals surface area contributed by atoms with Crippen LogP contribution in [-0.2, 0) is 14.3 Å². The van der Waals surface area contributed by atoms with E-state index in [0.717, 1.165) is 19.3 Å². The van der Waals surface area contributed by atoms with Gasteiger partial charge in [-0.3, -0.25) is 4.79 Å². The van der Waals surface area contributed by atoms with Gasteiger partial charge in [0.15, 0.2) is 0 Å². The summed E-state index contributed by atoms with van der Waals surface area (Å²) in [7, 11) is 0. The third kappa shape index (κ3) is 8.97. The third-order valence-electron chi connectivity index (χ3n) is 2.76. The minimum absolute atomic E-state index is 0.287. The van der Waals surface area contributed by atoms with Gasteiger partial charge in [0.05, 0.1) is 6.61 Å². The van der Waals surface area contributed by atoms with Crippen LogP contribution in [0.5, 0.6) is 0 Å². The molecular weight excluding hydrogens is 228 g/mol. The zero-order valence-corrected chi connectivity index (χ0v) is 12.1. The van der Waals surface area contributed by atoms with Crippen molar-refractivity contribution >= 4 is 11.8 Å². The number of rotatable bonds is 9. The molecule has 0 heterocycles. The number of ketones is 1. The van der Waals surface area contributed by atoms with E-state index >= 15 is 0 Å². The summed E-state index contributed by atoms with van der Waals surface area (Å²) in [5.74, 6) is -0.572. The van der Waals surface area contributed by atoms with E-state index in [9.17, 15) is 9.59 Å². The molecule has 3 heteroatoms. The maximum atomic E-state index is 11.2. The van der Waals surface area contributed by atoms with Gasteiger partial charge in [0.1, 0.15) is 0 Å². The largest absolute Gasteiger partial charge is 0.460 e. The Morgan fingerprint density at radius 1 is 1.22 bits per heavy atom. The molecule has 0 aliphatic heterocycles. The van der Waals surface area contributed by atoms with Crippen LogP contribution in [-0.4, -0.2) is 18.4 Å². The lowest BCUT2D eigenvalue weighted by Crippen LogP contribution is -2.18. The third-order valence-corrected chi connectivity index (χ3v) is 2.76. The Kier molecular flexibility index (Phi) is 9.25. The number of carbonyl (C=O) groups is 2. The minimum atomic E-state index is -0.673. The SMILES string of the molecule is CCCC(=O)C(=O)OCCC(C)CCC=C(C)C. The Labute approximate surface area is 111 Å². The van der Waals surface area contributed by atoms with Crippen molar-refractivity contribution in [1.29, 1.82) is 0 Å². The highest BCUT2D eigenvalue weighted by Gasteiger charge is 2.14. The van der Waals surface area contributed by atoms with E-state index in [1.165, 1.54) is 5.57 Å². The molecule has 0 aromatic heterocycles.